The van der Waals surface area contributed by atoms with E-state index in [1.165, 1.54) is 0 Å². The Labute approximate surface area is 163 Å². The third-order valence-corrected chi connectivity index (χ3v) is 7.07. The highest BCUT2D eigenvalue weighted by Gasteiger charge is 2.51. The van der Waals surface area contributed by atoms with Gasteiger partial charge in [-0.25, -0.2) is 0 Å². The number of carbonyl (C=O) groups is 2. The molecule has 0 unspecified atom stereocenters. The van der Waals surface area contributed by atoms with E-state index in [2.05, 4.69) is 4.57 Å². The van der Waals surface area contributed by atoms with Gasteiger partial charge in [0.25, 0.3) is 5.91 Å². The molecule has 3 heterocycles. The minimum Gasteiger partial charge on any atom is -0.367 e. The zero-order valence-corrected chi connectivity index (χ0v) is 16.8. The second-order valence-electron chi connectivity index (χ2n) is 7.78. The molecule has 0 bridgehead atoms. The van der Waals surface area contributed by atoms with Crippen LogP contribution in [0.15, 0.2) is 30.5 Å². The number of benzene rings is 1. The number of fused-ring (bicyclic) bond motifs is 1. The van der Waals surface area contributed by atoms with Crippen molar-refractivity contribution in [1.29, 1.82) is 0 Å². The summed E-state index contributed by atoms with van der Waals surface area (Å²) in [7, 11) is 5.47. The molecular weight excluding hydrogens is 362 g/mol. The molecule has 0 saturated carbocycles. The van der Waals surface area contributed by atoms with Gasteiger partial charge in [0.2, 0.25) is 5.91 Å². The van der Waals surface area contributed by atoms with Crippen LogP contribution in [0.25, 0.3) is 10.9 Å². The highest BCUT2D eigenvalue weighted by Crippen LogP contribution is 2.46. The van der Waals surface area contributed by atoms with Crippen LogP contribution in [0.1, 0.15) is 16.8 Å². The normalized spacial score (nSPS) is 20.9. The Kier molecular flexibility index (Phi) is 4.68. The highest BCUT2D eigenvalue weighted by molar-refractivity contribution is 8.01. The van der Waals surface area contributed by atoms with Gasteiger partial charge in [-0.1, -0.05) is 0 Å². The third-order valence-electron chi connectivity index (χ3n) is 5.49. The smallest absolute Gasteiger partial charge is 0.253 e. The van der Waals surface area contributed by atoms with Crippen LogP contribution in [0.4, 0.5) is 0 Å². The van der Waals surface area contributed by atoms with E-state index in [0.717, 1.165) is 41.7 Å². The summed E-state index contributed by atoms with van der Waals surface area (Å²) >= 11 is 1.87. The quantitative estimate of drug-likeness (QED) is 0.805. The molecule has 1 spiro atoms. The Morgan fingerprint density at radius 2 is 2.07 bits per heavy atom. The van der Waals surface area contributed by atoms with Crippen molar-refractivity contribution in [1.82, 2.24) is 14.4 Å². The van der Waals surface area contributed by atoms with E-state index in [1.54, 1.807) is 19.0 Å². The average Bonchev–Trinajstić information content (AvgIpc) is 3.21. The van der Waals surface area contributed by atoms with E-state index in [9.17, 15) is 9.59 Å². The molecular formula is C20H25N3O3S. The first-order valence-corrected chi connectivity index (χ1v) is 10.2. The summed E-state index contributed by atoms with van der Waals surface area (Å²) in [4.78, 5) is 28.0. The van der Waals surface area contributed by atoms with E-state index in [1.807, 2.05) is 54.2 Å². The van der Waals surface area contributed by atoms with E-state index in [-0.39, 0.29) is 29.3 Å². The van der Waals surface area contributed by atoms with Crippen molar-refractivity contribution in [2.24, 2.45) is 7.05 Å². The largest absolute Gasteiger partial charge is 0.367 e. The molecule has 0 radical (unpaired) electrons. The number of amides is 2. The molecule has 2 aliphatic rings. The Balaban J connectivity index is 1.33. The first-order valence-electron chi connectivity index (χ1n) is 9.17. The lowest BCUT2D eigenvalue weighted by Crippen LogP contribution is -2.60. The van der Waals surface area contributed by atoms with Crippen LogP contribution in [0, 0.1) is 0 Å². The van der Waals surface area contributed by atoms with Crippen LogP contribution in [0.3, 0.4) is 0 Å². The second-order valence-corrected chi connectivity index (χ2v) is 9.27. The maximum absolute atomic E-state index is 12.8. The molecule has 2 saturated heterocycles. The van der Waals surface area contributed by atoms with Gasteiger partial charge < -0.3 is 19.1 Å². The summed E-state index contributed by atoms with van der Waals surface area (Å²) < 4.78 is 7.92. The molecule has 4 rings (SSSR count). The minimum atomic E-state index is -0.0114. The number of aromatic nitrogens is 1. The molecule has 2 amide bonds. The van der Waals surface area contributed by atoms with E-state index < -0.39 is 0 Å². The number of hydrogen-bond acceptors (Lipinski definition) is 4. The number of nitrogens with zero attached hydrogens (tertiary/aromatic N) is 3. The minimum absolute atomic E-state index is 0.0114. The number of carbonyl (C=O) groups excluding carboxylic acids is 2. The summed E-state index contributed by atoms with van der Waals surface area (Å²) in [5.41, 5.74) is 1.88. The zero-order chi connectivity index (χ0) is 19.2. The molecule has 1 aromatic heterocycles. The molecule has 7 heteroatoms. The molecule has 1 aromatic carbocycles. The fourth-order valence-electron chi connectivity index (χ4n) is 3.84. The van der Waals surface area contributed by atoms with Gasteiger partial charge in [0, 0.05) is 62.6 Å². The summed E-state index contributed by atoms with van der Waals surface area (Å²) in [5, 5.41) is 1.09. The predicted molar refractivity (Wildman–Crippen MR) is 107 cm³/mol. The topological polar surface area (TPSA) is 54.8 Å². The lowest BCUT2D eigenvalue weighted by atomic mass is 9.92. The predicted octanol–water partition coefficient (Wildman–Crippen LogP) is 1.98. The van der Waals surface area contributed by atoms with Crippen LogP contribution in [0.2, 0.25) is 0 Å². The van der Waals surface area contributed by atoms with Gasteiger partial charge in [0.05, 0.1) is 10.9 Å². The van der Waals surface area contributed by atoms with Crippen molar-refractivity contribution < 1.29 is 14.3 Å². The molecule has 0 N–H and O–H groups in total. The van der Waals surface area contributed by atoms with Crippen molar-refractivity contribution in [2.75, 3.05) is 39.5 Å². The molecule has 0 aliphatic carbocycles. The Bertz CT molecular complexity index is 886. The number of aryl methyl sites for hydroxylation is 1. The second kappa shape index (κ2) is 6.87. The maximum atomic E-state index is 12.8. The van der Waals surface area contributed by atoms with Gasteiger partial charge in [0.15, 0.2) is 0 Å². The first-order chi connectivity index (χ1) is 12.9. The molecule has 2 fully saturated rings. The number of likely N-dealkylation sites (tertiary alicyclic amines) is 1. The number of hydrogen-bond donors (Lipinski definition) is 0. The lowest BCUT2D eigenvalue weighted by molar-refractivity contribution is -0.135. The monoisotopic (exact) mass is 387 g/mol. The molecule has 6 nitrogen and oxygen atoms in total. The average molecular weight is 388 g/mol. The number of rotatable bonds is 4. The van der Waals surface area contributed by atoms with Crippen LogP contribution < -0.4 is 0 Å². The molecule has 27 heavy (non-hydrogen) atoms. The first kappa shape index (κ1) is 18.4. The Hall–Kier alpha value is -1.99. The number of thioether (sulfide) groups is 1. The van der Waals surface area contributed by atoms with Crippen LogP contribution >= 0.6 is 11.8 Å². The van der Waals surface area contributed by atoms with Crippen molar-refractivity contribution in [3.05, 3.63) is 36.0 Å². The fraction of sp³-hybridized carbons (Fsp3) is 0.500. The molecule has 2 aromatic rings. The van der Waals surface area contributed by atoms with Crippen molar-refractivity contribution >= 4 is 34.5 Å². The van der Waals surface area contributed by atoms with Gasteiger partial charge in [-0.05, 0) is 30.7 Å². The summed E-state index contributed by atoms with van der Waals surface area (Å²) in [6, 6.07) is 7.93. The maximum Gasteiger partial charge on any atom is 0.253 e. The van der Waals surface area contributed by atoms with Crippen LogP contribution in [-0.4, -0.2) is 76.6 Å². The van der Waals surface area contributed by atoms with Crippen molar-refractivity contribution in [3.8, 4) is 0 Å². The third kappa shape index (κ3) is 3.46. The molecule has 2 aliphatic heterocycles. The van der Waals surface area contributed by atoms with E-state index in [0.29, 0.717) is 0 Å². The fourth-order valence-corrected chi connectivity index (χ4v) is 5.39. The number of ether oxygens (including phenoxy) is 1. The number of likely N-dealkylation sites (N-methyl/N-ethyl adjacent to an activating group) is 1. The van der Waals surface area contributed by atoms with Crippen molar-refractivity contribution in [3.63, 3.8) is 0 Å². The van der Waals surface area contributed by atoms with Gasteiger partial charge in [-0.15, -0.1) is 11.8 Å². The lowest BCUT2D eigenvalue weighted by Gasteiger charge is -2.47. The van der Waals surface area contributed by atoms with Crippen LogP contribution in [0.5, 0.6) is 0 Å². The Morgan fingerprint density at radius 1 is 1.30 bits per heavy atom. The van der Waals surface area contributed by atoms with Crippen LogP contribution in [-0.2, 0) is 16.6 Å². The van der Waals surface area contributed by atoms with Crippen molar-refractivity contribution in [2.45, 2.75) is 17.3 Å². The summed E-state index contributed by atoms with van der Waals surface area (Å²) in [5.74, 6) is 0.973. The van der Waals surface area contributed by atoms with E-state index in [4.69, 9.17) is 4.74 Å². The van der Waals surface area contributed by atoms with Gasteiger partial charge in [-0.3, -0.25) is 9.59 Å². The van der Waals surface area contributed by atoms with Gasteiger partial charge in [-0.2, -0.15) is 0 Å². The van der Waals surface area contributed by atoms with Gasteiger partial charge >= 0.3 is 0 Å². The standard InChI is InChI=1S/C20H25N3O3S/c1-21(2)18(24)10-26-16-9-20(27-11-16)12-23(13-20)19(25)15-4-5-17-14(8-15)6-7-22(17)3/h4-8,16H,9-13H2,1-3H3/t16-/m1/s1. The summed E-state index contributed by atoms with van der Waals surface area (Å²) in [6.45, 7) is 1.64. The SMILES string of the molecule is CN(C)C(=O)CO[C@H]1CSC2(C1)CN(C(=O)c1ccc3c(ccn3C)c1)C2. The van der Waals surface area contributed by atoms with Gasteiger partial charge in [0.1, 0.15) is 6.61 Å². The summed E-state index contributed by atoms with van der Waals surface area (Å²) in [6.07, 6.45) is 3.00. The van der Waals surface area contributed by atoms with E-state index >= 15 is 0 Å². The molecule has 144 valence electrons. The highest BCUT2D eigenvalue weighted by atomic mass is 32.2. The zero-order valence-electron chi connectivity index (χ0n) is 16.0. The molecule has 1 atom stereocenters. The Morgan fingerprint density at radius 3 is 2.81 bits per heavy atom.